The van der Waals surface area contributed by atoms with Crippen molar-refractivity contribution < 1.29 is 14.3 Å². The Labute approximate surface area is 286 Å². The fourth-order valence-corrected chi connectivity index (χ4v) is 5.91. The van der Waals surface area contributed by atoms with Crippen LogP contribution in [0.3, 0.4) is 0 Å². The number of amides is 1. The van der Waals surface area contributed by atoms with Crippen molar-refractivity contribution in [2.24, 2.45) is 0 Å². The van der Waals surface area contributed by atoms with Crippen LogP contribution in [0.5, 0.6) is 23.1 Å². The highest BCUT2D eigenvalue weighted by Gasteiger charge is 2.22. The summed E-state index contributed by atoms with van der Waals surface area (Å²) in [5, 5.41) is 6.88. The number of piperazine rings is 1. The SMILES string of the molecule is Cc1cccc(C)c1NC(=O)c1cnc(Nc2ccc(N3CCN(C(C)C)CC3)c(Cl)c2)nc1Oc1ccc(Oc2ccccc2)cc1. The second kappa shape index (κ2) is 14.8. The minimum atomic E-state index is -0.386. The Kier molecular flexibility index (Phi) is 10.1. The first-order valence-electron chi connectivity index (χ1n) is 16.0. The van der Waals surface area contributed by atoms with E-state index in [1.165, 1.54) is 6.20 Å². The summed E-state index contributed by atoms with van der Waals surface area (Å²) in [7, 11) is 0. The van der Waals surface area contributed by atoms with Gasteiger partial charge in [-0.25, -0.2) is 4.98 Å². The molecule has 2 heterocycles. The molecule has 1 aromatic heterocycles. The second-order valence-corrected chi connectivity index (χ2v) is 12.4. The lowest BCUT2D eigenvalue weighted by Crippen LogP contribution is -2.49. The zero-order valence-electron chi connectivity index (χ0n) is 27.5. The van der Waals surface area contributed by atoms with Gasteiger partial charge in [0.25, 0.3) is 5.91 Å². The molecule has 10 heteroatoms. The van der Waals surface area contributed by atoms with Crippen molar-refractivity contribution in [2.45, 2.75) is 33.7 Å². The number of para-hydroxylation sites is 2. The van der Waals surface area contributed by atoms with Crippen molar-refractivity contribution in [3.63, 3.8) is 0 Å². The number of nitrogens with one attached hydrogen (secondary N) is 2. The van der Waals surface area contributed by atoms with E-state index in [1.54, 1.807) is 24.3 Å². The lowest BCUT2D eigenvalue weighted by molar-refractivity contribution is 0.102. The van der Waals surface area contributed by atoms with E-state index in [1.807, 2.05) is 80.6 Å². The maximum atomic E-state index is 13.6. The first-order chi connectivity index (χ1) is 23.2. The largest absolute Gasteiger partial charge is 0.457 e. The molecule has 4 aromatic carbocycles. The average Bonchev–Trinajstić information content (AvgIpc) is 3.08. The molecule has 48 heavy (non-hydrogen) atoms. The number of anilines is 4. The molecule has 1 aliphatic heterocycles. The molecule has 1 fully saturated rings. The van der Waals surface area contributed by atoms with Gasteiger partial charge in [0.05, 0.1) is 10.7 Å². The number of aryl methyl sites for hydroxylation is 2. The molecular formula is C38H39ClN6O3. The number of benzene rings is 4. The van der Waals surface area contributed by atoms with E-state index in [2.05, 4.69) is 44.2 Å². The number of aromatic nitrogens is 2. The Balaban J connectivity index is 1.23. The van der Waals surface area contributed by atoms with E-state index in [0.717, 1.165) is 54.4 Å². The third kappa shape index (κ3) is 7.87. The van der Waals surface area contributed by atoms with Crippen molar-refractivity contribution in [3.05, 3.63) is 119 Å². The number of carbonyl (C=O) groups is 1. The van der Waals surface area contributed by atoms with Gasteiger partial charge >= 0.3 is 0 Å². The van der Waals surface area contributed by atoms with Crippen LogP contribution in [0.25, 0.3) is 0 Å². The van der Waals surface area contributed by atoms with Crippen molar-refractivity contribution in [3.8, 4) is 23.1 Å². The Bertz CT molecular complexity index is 1860. The van der Waals surface area contributed by atoms with Gasteiger partial charge in [-0.15, -0.1) is 0 Å². The summed E-state index contributed by atoms with van der Waals surface area (Å²) in [5.41, 5.74) is 4.52. The Morgan fingerprint density at radius 2 is 1.46 bits per heavy atom. The maximum absolute atomic E-state index is 13.6. The monoisotopic (exact) mass is 662 g/mol. The third-order valence-electron chi connectivity index (χ3n) is 8.32. The Hall–Kier alpha value is -5.12. The molecule has 1 amide bonds. The van der Waals surface area contributed by atoms with Gasteiger partial charge < -0.3 is 25.0 Å². The molecule has 0 unspecified atom stereocenters. The van der Waals surface area contributed by atoms with Crippen LogP contribution in [0.15, 0.2) is 97.2 Å². The van der Waals surface area contributed by atoms with E-state index >= 15 is 0 Å². The van der Waals surface area contributed by atoms with Gasteiger partial charge in [0.15, 0.2) is 0 Å². The molecule has 0 atom stereocenters. The van der Waals surface area contributed by atoms with Crippen LogP contribution in [-0.2, 0) is 0 Å². The number of carbonyl (C=O) groups excluding carboxylic acids is 1. The van der Waals surface area contributed by atoms with Gasteiger partial charge in [-0.2, -0.15) is 4.98 Å². The first kappa shape index (κ1) is 32.8. The fourth-order valence-electron chi connectivity index (χ4n) is 5.61. The maximum Gasteiger partial charge on any atom is 0.262 e. The van der Waals surface area contributed by atoms with Crippen LogP contribution in [0, 0.1) is 13.8 Å². The molecule has 246 valence electrons. The predicted octanol–water partition coefficient (Wildman–Crippen LogP) is 8.86. The molecular weight excluding hydrogens is 624 g/mol. The third-order valence-corrected chi connectivity index (χ3v) is 8.63. The van der Waals surface area contributed by atoms with Crippen LogP contribution in [-0.4, -0.2) is 53.0 Å². The molecule has 0 saturated carbocycles. The smallest absolute Gasteiger partial charge is 0.262 e. The normalized spacial score (nSPS) is 13.3. The molecule has 1 saturated heterocycles. The van der Waals surface area contributed by atoms with Crippen LogP contribution in [0.1, 0.15) is 35.3 Å². The summed E-state index contributed by atoms with van der Waals surface area (Å²) >= 11 is 6.78. The number of hydrogen-bond donors (Lipinski definition) is 2. The topological polar surface area (TPSA) is 91.9 Å². The van der Waals surface area contributed by atoms with Crippen molar-refractivity contribution >= 4 is 40.5 Å². The van der Waals surface area contributed by atoms with Gasteiger partial charge in [0.2, 0.25) is 11.8 Å². The molecule has 0 radical (unpaired) electrons. The van der Waals surface area contributed by atoms with Crippen molar-refractivity contribution in [1.82, 2.24) is 14.9 Å². The van der Waals surface area contributed by atoms with Gasteiger partial charge in [-0.05, 0) is 93.4 Å². The first-order valence-corrected chi connectivity index (χ1v) is 16.4. The molecule has 0 bridgehead atoms. The highest BCUT2D eigenvalue weighted by molar-refractivity contribution is 6.33. The van der Waals surface area contributed by atoms with Crippen LogP contribution in [0.2, 0.25) is 5.02 Å². The second-order valence-electron chi connectivity index (χ2n) is 12.0. The summed E-state index contributed by atoms with van der Waals surface area (Å²) in [6, 6.07) is 28.9. The average molecular weight is 663 g/mol. The summed E-state index contributed by atoms with van der Waals surface area (Å²) in [6.45, 7) is 12.2. The Morgan fingerprint density at radius 3 is 2.10 bits per heavy atom. The predicted molar refractivity (Wildman–Crippen MR) is 193 cm³/mol. The van der Waals surface area contributed by atoms with Crippen LogP contribution >= 0.6 is 11.6 Å². The van der Waals surface area contributed by atoms with E-state index < -0.39 is 0 Å². The zero-order valence-corrected chi connectivity index (χ0v) is 28.3. The minimum Gasteiger partial charge on any atom is -0.457 e. The number of halogens is 1. The van der Waals surface area contributed by atoms with Gasteiger partial charge in [-0.1, -0.05) is 48.0 Å². The minimum absolute atomic E-state index is 0.0960. The van der Waals surface area contributed by atoms with Crippen LogP contribution < -0.4 is 25.0 Å². The molecule has 0 aliphatic carbocycles. The summed E-state index contributed by atoms with van der Waals surface area (Å²) in [6.07, 6.45) is 1.46. The zero-order chi connectivity index (χ0) is 33.6. The lowest BCUT2D eigenvalue weighted by Gasteiger charge is -2.38. The van der Waals surface area contributed by atoms with E-state index in [9.17, 15) is 4.79 Å². The van der Waals surface area contributed by atoms with E-state index in [4.69, 9.17) is 21.1 Å². The Morgan fingerprint density at radius 1 is 0.812 bits per heavy atom. The molecule has 9 nitrogen and oxygen atoms in total. The molecule has 2 N–H and O–H groups in total. The molecule has 0 spiro atoms. The summed E-state index contributed by atoms with van der Waals surface area (Å²) in [4.78, 5) is 27.5. The highest BCUT2D eigenvalue weighted by Crippen LogP contribution is 2.33. The summed E-state index contributed by atoms with van der Waals surface area (Å²) < 4.78 is 12.1. The lowest BCUT2D eigenvalue weighted by atomic mass is 10.1. The standard InChI is InChI=1S/C38H39ClN6O3/c1-25(2)44-19-21-45(22-20-44)34-18-13-28(23-33(34)39)41-38-40-24-32(36(46)42-35-26(3)9-8-10-27(35)4)37(43-38)48-31-16-14-30(15-17-31)47-29-11-6-5-7-12-29/h5-18,23-25H,19-22H2,1-4H3,(H,42,46)(H,40,41,43). The van der Waals surface area contributed by atoms with Crippen molar-refractivity contribution in [2.75, 3.05) is 41.7 Å². The molecule has 6 rings (SSSR count). The van der Waals surface area contributed by atoms with E-state index in [0.29, 0.717) is 28.3 Å². The number of hydrogen-bond acceptors (Lipinski definition) is 8. The number of rotatable bonds is 10. The quantitative estimate of drug-likeness (QED) is 0.153. The fraction of sp³-hybridized carbons (Fsp3) is 0.237. The van der Waals surface area contributed by atoms with Gasteiger partial charge in [0, 0.05) is 49.8 Å². The number of nitrogens with zero attached hydrogens (tertiary/aromatic N) is 4. The van der Waals surface area contributed by atoms with E-state index in [-0.39, 0.29) is 23.3 Å². The molecule has 1 aliphatic rings. The van der Waals surface area contributed by atoms with Gasteiger partial charge in [-0.3, -0.25) is 9.69 Å². The highest BCUT2D eigenvalue weighted by atomic mass is 35.5. The van der Waals surface area contributed by atoms with Crippen LogP contribution in [0.4, 0.5) is 23.0 Å². The van der Waals surface area contributed by atoms with Gasteiger partial charge in [0.1, 0.15) is 22.8 Å². The molecule has 5 aromatic rings. The summed E-state index contributed by atoms with van der Waals surface area (Å²) in [5.74, 6) is 1.82. The van der Waals surface area contributed by atoms with Crippen molar-refractivity contribution in [1.29, 1.82) is 0 Å². The number of ether oxygens (including phenoxy) is 2.